The summed E-state index contributed by atoms with van der Waals surface area (Å²) in [5.74, 6) is 0.00615. The number of aliphatic carboxylic acids is 1. The number of amides is 2. The lowest BCUT2D eigenvalue weighted by Gasteiger charge is -2.31. The van der Waals surface area contributed by atoms with Gasteiger partial charge in [-0.05, 0) is 12.0 Å². The van der Waals surface area contributed by atoms with Crippen LogP contribution in [0.25, 0.3) is 0 Å². The fourth-order valence-corrected chi connectivity index (χ4v) is 3.36. The van der Waals surface area contributed by atoms with Gasteiger partial charge in [0.05, 0.1) is 12.5 Å². The summed E-state index contributed by atoms with van der Waals surface area (Å²) < 4.78 is 5.06. The van der Waals surface area contributed by atoms with Crippen LogP contribution in [-0.4, -0.2) is 71.4 Å². The van der Waals surface area contributed by atoms with Gasteiger partial charge in [0.2, 0.25) is 0 Å². The molecule has 19 heavy (non-hydrogen) atoms. The zero-order valence-corrected chi connectivity index (χ0v) is 11.7. The molecule has 1 fully saturated rings. The van der Waals surface area contributed by atoms with E-state index in [1.54, 1.807) is 12.0 Å². The lowest BCUT2D eigenvalue weighted by Crippen LogP contribution is -2.49. The molecule has 6 nitrogen and oxygen atoms in total. The summed E-state index contributed by atoms with van der Waals surface area (Å²) in [5.41, 5.74) is 1.19. The van der Waals surface area contributed by atoms with Gasteiger partial charge in [-0.2, -0.15) is 0 Å². The molecule has 1 atom stereocenters. The van der Waals surface area contributed by atoms with Crippen LogP contribution in [0.2, 0.25) is 0 Å². The number of carbonyl (C=O) groups is 2. The Morgan fingerprint density at radius 2 is 2.37 bits per heavy atom. The largest absolute Gasteiger partial charge is 0.480 e. The first-order chi connectivity index (χ1) is 9.13. The number of urea groups is 1. The molecule has 0 aromatic carbocycles. The van der Waals surface area contributed by atoms with Crippen LogP contribution in [0.5, 0.6) is 0 Å². The fourth-order valence-electron chi connectivity index (χ4n) is 2.22. The van der Waals surface area contributed by atoms with Gasteiger partial charge in [-0.1, -0.05) is 6.08 Å². The maximum Gasteiger partial charge on any atom is 0.327 e. The van der Waals surface area contributed by atoms with Gasteiger partial charge in [0, 0.05) is 26.0 Å². The van der Waals surface area contributed by atoms with Gasteiger partial charge in [0.25, 0.3) is 0 Å². The van der Waals surface area contributed by atoms with E-state index in [0.717, 1.165) is 6.42 Å². The van der Waals surface area contributed by atoms with Crippen LogP contribution in [0.15, 0.2) is 11.6 Å². The highest BCUT2D eigenvalue weighted by molar-refractivity contribution is 7.99. The Kier molecular flexibility index (Phi) is 4.71. The molecular formula is C12H18N2O4S. The third-order valence-corrected chi connectivity index (χ3v) is 4.33. The molecule has 2 aliphatic rings. The van der Waals surface area contributed by atoms with Gasteiger partial charge in [0.15, 0.2) is 0 Å². The van der Waals surface area contributed by atoms with E-state index in [1.807, 2.05) is 6.08 Å². The topological polar surface area (TPSA) is 70.1 Å². The van der Waals surface area contributed by atoms with E-state index in [1.165, 1.54) is 22.2 Å². The van der Waals surface area contributed by atoms with Crippen LogP contribution >= 0.6 is 11.8 Å². The van der Waals surface area contributed by atoms with Crippen molar-refractivity contribution >= 4 is 23.8 Å². The molecule has 0 aromatic heterocycles. The smallest absolute Gasteiger partial charge is 0.327 e. The molecule has 106 valence electrons. The number of carboxylic acids is 1. The second-order valence-electron chi connectivity index (χ2n) is 4.60. The molecule has 2 amide bonds. The molecule has 0 aromatic rings. The molecule has 0 radical (unpaired) electrons. The van der Waals surface area contributed by atoms with Crippen molar-refractivity contribution in [1.82, 2.24) is 9.80 Å². The van der Waals surface area contributed by atoms with Crippen LogP contribution in [-0.2, 0) is 9.53 Å². The van der Waals surface area contributed by atoms with E-state index in [4.69, 9.17) is 9.84 Å². The molecule has 0 bridgehead atoms. The van der Waals surface area contributed by atoms with E-state index in [0.29, 0.717) is 31.3 Å². The molecular weight excluding hydrogens is 268 g/mol. The molecule has 1 N–H and O–H groups in total. The summed E-state index contributed by atoms with van der Waals surface area (Å²) in [4.78, 5) is 26.5. The van der Waals surface area contributed by atoms with Crippen molar-refractivity contribution in [2.45, 2.75) is 12.5 Å². The SMILES string of the molecule is COCC1=CCN(C(=O)N2CSCC2C(=O)O)CC1. The summed E-state index contributed by atoms with van der Waals surface area (Å²) in [5, 5.41) is 9.09. The van der Waals surface area contributed by atoms with Crippen LogP contribution < -0.4 is 0 Å². The number of ether oxygens (including phenoxy) is 1. The average molecular weight is 286 g/mol. The highest BCUT2D eigenvalue weighted by atomic mass is 32.2. The number of carboxylic acid groups (broad SMARTS) is 1. The molecule has 2 heterocycles. The number of nitrogens with zero attached hydrogens (tertiary/aromatic N) is 2. The predicted molar refractivity (Wildman–Crippen MR) is 72.1 cm³/mol. The molecule has 2 aliphatic heterocycles. The lowest BCUT2D eigenvalue weighted by molar-refractivity contribution is -0.140. The van der Waals surface area contributed by atoms with Gasteiger partial charge in [-0.3, -0.25) is 0 Å². The van der Waals surface area contributed by atoms with Crippen molar-refractivity contribution in [3.05, 3.63) is 11.6 Å². The Labute approximate surface area is 116 Å². The summed E-state index contributed by atoms with van der Waals surface area (Å²) in [7, 11) is 1.65. The molecule has 1 unspecified atom stereocenters. The fraction of sp³-hybridized carbons (Fsp3) is 0.667. The zero-order chi connectivity index (χ0) is 13.8. The Hall–Kier alpha value is -1.21. The minimum atomic E-state index is -0.925. The predicted octanol–water partition coefficient (Wildman–Crippen LogP) is 0.844. The Morgan fingerprint density at radius 3 is 2.95 bits per heavy atom. The van der Waals surface area contributed by atoms with Gasteiger partial charge in [-0.15, -0.1) is 11.8 Å². The van der Waals surface area contributed by atoms with Gasteiger partial charge >= 0.3 is 12.0 Å². The number of rotatable bonds is 3. The highest BCUT2D eigenvalue weighted by Crippen LogP contribution is 2.23. The summed E-state index contributed by atoms with van der Waals surface area (Å²) in [6.45, 7) is 1.76. The van der Waals surface area contributed by atoms with Crippen LogP contribution in [0.1, 0.15) is 6.42 Å². The number of hydrogen-bond donors (Lipinski definition) is 1. The molecule has 0 spiro atoms. The maximum atomic E-state index is 12.3. The zero-order valence-electron chi connectivity index (χ0n) is 10.9. The summed E-state index contributed by atoms with van der Waals surface area (Å²) in [6.07, 6.45) is 2.78. The molecule has 2 rings (SSSR count). The second-order valence-corrected chi connectivity index (χ2v) is 5.60. The van der Waals surface area contributed by atoms with Gasteiger partial charge < -0.3 is 19.6 Å². The Morgan fingerprint density at radius 1 is 1.58 bits per heavy atom. The first-order valence-electron chi connectivity index (χ1n) is 6.16. The number of carbonyl (C=O) groups excluding carboxylic acids is 1. The van der Waals surface area contributed by atoms with E-state index in [2.05, 4.69) is 0 Å². The quantitative estimate of drug-likeness (QED) is 0.779. The minimum Gasteiger partial charge on any atom is -0.480 e. The lowest BCUT2D eigenvalue weighted by atomic mass is 10.1. The standard InChI is InChI=1S/C12H18N2O4S/c1-18-6-9-2-4-13(5-3-9)12(17)14-8-19-7-10(14)11(15)16/h2,10H,3-8H2,1H3,(H,15,16). The van der Waals surface area contributed by atoms with E-state index in [-0.39, 0.29) is 6.03 Å². The minimum absolute atomic E-state index is 0.176. The first-order valence-corrected chi connectivity index (χ1v) is 7.32. The van der Waals surface area contributed by atoms with Crippen molar-refractivity contribution in [1.29, 1.82) is 0 Å². The number of hydrogen-bond acceptors (Lipinski definition) is 4. The third-order valence-electron chi connectivity index (χ3n) is 3.32. The van der Waals surface area contributed by atoms with E-state index in [9.17, 15) is 9.59 Å². The number of thioether (sulfide) groups is 1. The second kappa shape index (κ2) is 6.29. The van der Waals surface area contributed by atoms with Crippen LogP contribution in [0.3, 0.4) is 0 Å². The molecule has 0 saturated carbocycles. The molecule has 1 saturated heterocycles. The molecule has 0 aliphatic carbocycles. The van der Waals surface area contributed by atoms with E-state index >= 15 is 0 Å². The highest BCUT2D eigenvalue weighted by Gasteiger charge is 2.36. The Balaban J connectivity index is 1.96. The van der Waals surface area contributed by atoms with Gasteiger partial charge in [0.1, 0.15) is 6.04 Å². The summed E-state index contributed by atoms with van der Waals surface area (Å²) in [6, 6.07) is -0.869. The van der Waals surface area contributed by atoms with E-state index < -0.39 is 12.0 Å². The first kappa shape index (κ1) is 14.2. The maximum absolute atomic E-state index is 12.3. The van der Waals surface area contributed by atoms with Crippen molar-refractivity contribution < 1.29 is 19.4 Å². The van der Waals surface area contributed by atoms with Crippen LogP contribution in [0, 0.1) is 0 Å². The molecule has 7 heteroatoms. The van der Waals surface area contributed by atoms with Crippen LogP contribution in [0.4, 0.5) is 4.79 Å². The van der Waals surface area contributed by atoms with Gasteiger partial charge in [-0.25, -0.2) is 9.59 Å². The number of methoxy groups -OCH3 is 1. The third kappa shape index (κ3) is 3.22. The summed E-state index contributed by atoms with van der Waals surface area (Å²) >= 11 is 1.48. The monoisotopic (exact) mass is 286 g/mol. The van der Waals surface area contributed by atoms with Crippen molar-refractivity contribution in [2.75, 3.05) is 38.4 Å². The van der Waals surface area contributed by atoms with Crippen molar-refractivity contribution in [3.63, 3.8) is 0 Å². The van der Waals surface area contributed by atoms with Crippen molar-refractivity contribution in [2.24, 2.45) is 0 Å². The Bertz CT molecular complexity index is 399. The average Bonchev–Trinajstić information content (AvgIpc) is 2.88. The normalized spacial score (nSPS) is 23.4. The van der Waals surface area contributed by atoms with Crippen molar-refractivity contribution in [3.8, 4) is 0 Å².